The zero-order valence-electron chi connectivity index (χ0n) is 12.8. The topological polar surface area (TPSA) is 74.7 Å². The molecule has 1 aliphatic rings. The van der Waals surface area contributed by atoms with Crippen molar-refractivity contribution in [3.8, 4) is 0 Å². The van der Waals surface area contributed by atoms with Gasteiger partial charge in [0.2, 0.25) is 0 Å². The smallest absolute Gasteiger partial charge is 0.173 e. The van der Waals surface area contributed by atoms with Crippen molar-refractivity contribution in [1.29, 1.82) is 0 Å². The largest absolute Gasteiger partial charge is 0.409 e. The standard InChI is InChI=1S/C15H24N4O/c1-5-15(2,3)19(4)14-11(13(16)18-20)9-10-7-6-8-12(10)17-14/h9,20H,5-8H2,1-4H3,(H2,16,18). The van der Waals surface area contributed by atoms with Crippen LogP contribution < -0.4 is 10.6 Å². The van der Waals surface area contributed by atoms with Gasteiger partial charge in [0.1, 0.15) is 5.82 Å². The number of hydrogen-bond acceptors (Lipinski definition) is 4. The van der Waals surface area contributed by atoms with E-state index in [1.165, 1.54) is 5.56 Å². The van der Waals surface area contributed by atoms with E-state index >= 15 is 0 Å². The number of nitrogens with two attached hydrogens (primary N) is 1. The Balaban J connectivity index is 2.56. The van der Waals surface area contributed by atoms with Gasteiger partial charge in [0.15, 0.2) is 5.84 Å². The average molecular weight is 276 g/mol. The van der Waals surface area contributed by atoms with Crippen LogP contribution in [0.5, 0.6) is 0 Å². The summed E-state index contributed by atoms with van der Waals surface area (Å²) in [6.45, 7) is 6.48. The molecule has 0 spiro atoms. The van der Waals surface area contributed by atoms with Crippen LogP contribution >= 0.6 is 0 Å². The summed E-state index contributed by atoms with van der Waals surface area (Å²) >= 11 is 0. The van der Waals surface area contributed by atoms with E-state index in [-0.39, 0.29) is 11.4 Å². The maximum absolute atomic E-state index is 9.02. The molecule has 0 unspecified atom stereocenters. The van der Waals surface area contributed by atoms with Gasteiger partial charge in [-0.2, -0.15) is 0 Å². The Morgan fingerprint density at radius 1 is 1.50 bits per heavy atom. The van der Waals surface area contributed by atoms with Crippen LogP contribution in [0, 0.1) is 0 Å². The van der Waals surface area contributed by atoms with Crippen LogP contribution in [-0.4, -0.2) is 28.6 Å². The SMILES string of the molecule is CCC(C)(C)N(C)c1nc2c(cc1C(N)=NO)CCC2. The van der Waals surface area contributed by atoms with Crippen molar-refractivity contribution in [1.82, 2.24) is 4.98 Å². The molecule has 1 aromatic rings. The lowest BCUT2D eigenvalue weighted by atomic mass is 9.98. The monoisotopic (exact) mass is 276 g/mol. The second-order valence-corrected chi connectivity index (χ2v) is 6.03. The summed E-state index contributed by atoms with van der Waals surface area (Å²) in [5.41, 5.74) is 8.89. The van der Waals surface area contributed by atoms with Gasteiger partial charge in [-0.1, -0.05) is 12.1 Å². The summed E-state index contributed by atoms with van der Waals surface area (Å²) in [4.78, 5) is 6.91. The maximum Gasteiger partial charge on any atom is 0.173 e. The van der Waals surface area contributed by atoms with E-state index in [4.69, 9.17) is 15.9 Å². The molecule has 0 amide bonds. The van der Waals surface area contributed by atoms with Crippen LogP contribution in [0.4, 0.5) is 5.82 Å². The van der Waals surface area contributed by atoms with Gasteiger partial charge in [0, 0.05) is 18.3 Å². The van der Waals surface area contributed by atoms with Gasteiger partial charge < -0.3 is 15.8 Å². The first-order valence-electron chi connectivity index (χ1n) is 7.15. The van der Waals surface area contributed by atoms with E-state index < -0.39 is 0 Å². The van der Waals surface area contributed by atoms with Crippen molar-refractivity contribution in [3.63, 3.8) is 0 Å². The summed E-state index contributed by atoms with van der Waals surface area (Å²) in [5, 5.41) is 12.2. The fraction of sp³-hybridized carbons (Fsp3) is 0.600. The van der Waals surface area contributed by atoms with Crippen LogP contribution in [0.25, 0.3) is 0 Å². The number of oxime groups is 1. The third kappa shape index (κ3) is 2.44. The van der Waals surface area contributed by atoms with E-state index in [1.54, 1.807) is 0 Å². The van der Waals surface area contributed by atoms with Crippen molar-refractivity contribution < 1.29 is 5.21 Å². The molecule has 1 aromatic heterocycles. The van der Waals surface area contributed by atoms with Crippen molar-refractivity contribution >= 4 is 11.7 Å². The number of nitrogens with zero attached hydrogens (tertiary/aromatic N) is 3. The van der Waals surface area contributed by atoms with Crippen molar-refractivity contribution in [2.24, 2.45) is 10.9 Å². The van der Waals surface area contributed by atoms with Crippen LogP contribution in [0.15, 0.2) is 11.2 Å². The number of pyridine rings is 1. The zero-order valence-corrected chi connectivity index (χ0v) is 12.8. The predicted octanol–water partition coefficient (Wildman–Crippen LogP) is 2.29. The minimum atomic E-state index is -0.0374. The molecule has 0 saturated heterocycles. The average Bonchev–Trinajstić information content (AvgIpc) is 2.91. The molecule has 5 nitrogen and oxygen atoms in total. The van der Waals surface area contributed by atoms with Crippen molar-refractivity contribution in [2.75, 3.05) is 11.9 Å². The number of amidine groups is 1. The molecule has 0 aliphatic heterocycles. The second kappa shape index (κ2) is 5.31. The van der Waals surface area contributed by atoms with E-state index in [2.05, 4.69) is 30.8 Å². The quantitative estimate of drug-likeness (QED) is 0.383. The van der Waals surface area contributed by atoms with E-state index in [9.17, 15) is 0 Å². The predicted molar refractivity (Wildman–Crippen MR) is 81.5 cm³/mol. The third-order valence-electron chi connectivity index (χ3n) is 4.51. The Kier molecular flexibility index (Phi) is 3.88. The Bertz CT molecular complexity index is 537. The number of aromatic nitrogens is 1. The number of fused-ring (bicyclic) bond motifs is 1. The summed E-state index contributed by atoms with van der Waals surface area (Å²) in [6.07, 6.45) is 4.15. The minimum absolute atomic E-state index is 0.0374. The lowest BCUT2D eigenvalue weighted by molar-refractivity contribution is 0.318. The number of hydrogen-bond donors (Lipinski definition) is 2. The van der Waals surface area contributed by atoms with Crippen molar-refractivity contribution in [2.45, 2.75) is 52.0 Å². The fourth-order valence-corrected chi connectivity index (χ4v) is 2.48. The molecule has 0 aromatic carbocycles. The maximum atomic E-state index is 9.02. The first-order valence-corrected chi connectivity index (χ1v) is 7.15. The molecule has 2 rings (SSSR count). The van der Waals surface area contributed by atoms with Gasteiger partial charge in [0.05, 0.1) is 5.56 Å². The number of rotatable bonds is 4. The summed E-state index contributed by atoms with van der Waals surface area (Å²) in [7, 11) is 2.02. The summed E-state index contributed by atoms with van der Waals surface area (Å²) in [6, 6.07) is 2.03. The highest BCUT2D eigenvalue weighted by Gasteiger charge is 2.27. The molecule has 1 heterocycles. The first-order chi connectivity index (χ1) is 9.40. The first kappa shape index (κ1) is 14.6. The summed E-state index contributed by atoms with van der Waals surface area (Å²) < 4.78 is 0. The van der Waals surface area contributed by atoms with Crippen LogP contribution in [0.1, 0.15) is 50.4 Å². The van der Waals surface area contributed by atoms with E-state index in [1.807, 2.05) is 13.1 Å². The Labute approximate surface area is 120 Å². The molecule has 20 heavy (non-hydrogen) atoms. The highest BCUT2D eigenvalue weighted by Crippen LogP contribution is 2.31. The molecule has 5 heteroatoms. The lowest BCUT2D eigenvalue weighted by Crippen LogP contribution is -2.42. The molecular formula is C15H24N4O. The molecule has 0 bridgehead atoms. The molecular weight excluding hydrogens is 252 g/mol. The van der Waals surface area contributed by atoms with Gasteiger partial charge >= 0.3 is 0 Å². The van der Waals surface area contributed by atoms with Gasteiger partial charge in [-0.05, 0) is 51.2 Å². The highest BCUT2D eigenvalue weighted by atomic mass is 16.4. The zero-order chi connectivity index (χ0) is 14.9. The molecule has 0 fully saturated rings. The van der Waals surface area contributed by atoms with Gasteiger partial charge in [-0.15, -0.1) is 0 Å². The normalized spacial score (nSPS) is 15.3. The van der Waals surface area contributed by atoms with Crippen LogP contribution in [-0.2, 0) is 12.8 Å². The Hall–Kier alpha value is -1.78. The van der Waals surface area contributed by atoms with Gasteiger partial charge in [-0.3, -0.25) is 0 Å². The fourth-order valence-electron chi connectivity index (χ4n) is 2.48. The van der Waals surface area contributed by atoms with E-state index in [0.717, 1.165) is 42.8 Å². The van der Waals surface area contributed by atoms with E-state index in [0.29, 0.717) is 0 Å². The molecule has 0 radical (unpaired) electrons. The van der Waals surface area contributed by atoms with Gasteiger partial charge in [0.25, 0.3) is 0 Å². The Morgan fingerprint density at radius 2 is 2.20 bits per heavy atom. The minimum Gasteiger partial charge on any atom is -0.409 e. The highest BCUT2D eigenvalue weighted by molar-refractivity contribution is 6.01. The number of anilines is 1. The van der Waals surface area contributed by atoms with Gasteiger partial charge in [-0.25, -0.2) is 4.98 Å². The molecule has 110 valence electrons. The summed E-state index contributed by atoms with van der Waals surface area (Å²) in [5.74, 6) is 0.925. The lowest BCUT2D eigenvalue weighted by Gasteiger charge is -2.37. The molecule has 1 aliphatic carbocycles. The molecule has 0 saturated carbocycles. The second-order valence-electron chi connectivity index (χ2n) is 6.03. The van der Waals surface area contributed by atoms with Crippen LogP contribution in [0.3, 0.4) is 0 Å². The third-order valence-corrected chi connectivity index (χ3v) is 4.51. The Morgan fingerprint density at radius 3 is 2.80 bits per heavy atom. The van der Waals surface area contributed by atoms with Crippen molar-refractivity contribution in [3.05, 3.63) is 22.9 Å². The molecule has 3 N–H and O–H groups in total. The number of aryl methyl sites for hydroxylation is 2. The van der Waals surface area contributed by atoms with Crippen LogP contribution in [0.2, 0.25) is 0 Å². The molecule has 0 atom stereocenters.